The number of anilines is 2. The topological polar surface area (TPSA) is 46.8 Å². The van der Waals surface area contributed by atoms with Crippen LogP contribution in [0.1, 0.15) is 47.5 Å². The minimum atomic E-state index is -2.23. The molecule has 2 aromatic heterocycles. The maximum atomic E-state index is 8.38. The molecule has 144 valence electrons. The number of hydrogen-bond donors (Lipinski definition) is 0. The molecule has 0 aliphatic carbocycles. The first-order chi connectivity index (χ1) is 15.2. The van der Waals surface area contributed by atoms with Crippen molar-refractivity contribution in [3.8, 4) is 5.69 Å². The van der Waals surface area contributed by atoms with Gasteiger partial charge in [-0.15, -0.1) is 0 Å². The molecule has 0 saturated carbocycles. The van der Waals surface area contributed by atoms with Crippen molar-refractivity contribution in [2.75, 3.05) is 4.90 Å². The van der Waals surface area contributed by atoms with E-state index >= 15 is 0 Å². The molecule has 0 bridgehead atoms. The largest absolute Gasteiger partial charge is 0.320 e. The van der Waals surface area contributed by atoms with Crippen molar-refractivity contribution in [1.82, 2.24) is 19.5 Å². The fourth-order valence-electron chi connectivity index (χ4n) is 5.05. The second-order valence-corrected chi connectivity index (χ2v) is 8.21. The lowest BCUT2D eigenvalue weighted by molar-refractivity contribution is 0.452. The summed E-state index contributed by atoms with van der Waals surface area (Å²) in [5, 5.41) is 2.31. The molecule has 5 nitrogen and oxygen atoms in total. The van der Waals surface area contributed by atoms with Crippen LogP contribution in [0.5, 0.6) is 0 Å². The van der Waals surface area contributed by atoms with Gasteiger partial charge in [0, 0.05) is 57.7 Å². The van der Waals surface area contributed by atoms with E-state index in [0.717, 1.165) is 33.7 Å². The van der Waals surface area contributed by atoms with Crippen LogP contribution in [0.3, 0.4) is 0 Å². The standard InChI is InChI=1S/C24H23N5/c1-14-16-7-5-6-8-17(16)21-18(13-19-25-11-12-28(19)21)20(14)29-15(2)24(3,4)22-23(29)27-10-9-26-22/h5-12,15H,13H2,1-4H3/i3D3. The fraction of sp³-hybridized carbons (Fsp3) is 0.292. The first-order valence-electron chi connectivity index (χ1n) is 11.4. The smallest absolute Gasteiger partial charge is 0.155 e. The molecule has 0 radical (unpaired) electrons. The quantitative estimate of drug-likeness (QED) is 0.415. The summed E-state index contributed by atoms with van der Waals surface area (Å²) in [5.41, 5.74) is 3.80. The molecule has 0 fully saturated rings. The van der Waals surface area contributed by atoms with E-state index in [4.69, 9.17) is 4.11 Å². The average molecular weight is 385 g/mol. The summed E-state index contributed by atoms with van der Waals surface area (Å²) in [6, 6.07) is 8.02. The molecule has 0 spiro atoms. The van der Waals surface area contributed by atoms with Crippen molar-refractivity contribution in [3.63, 3.8) is 0 Å². The van der Waals surface area contributed by atoms with Gasteiger partial charge in [0.25, 0.3) is 0 Å². The number of hydrogen-bond acceptors (Lipinski definition) is 4. The molecular formula is C24H23N5. The van der Waals surface area contributed by atoms with E-state index in [0.29, 0.717) is 17.9 Å². The van der Waals surface area contributed by atoms with Crippen LogP contribution in [-0.2, 0) is 11.8 Å². The van der Waals surface area contributed by atoms with E-state index in [-0.39, 0.29) is 6.04 Å². The Morgan fingerprint density at radius 1 is 1.07 bits per heavy atom. The third-order valence-corrected chi connectivity index (χ3v) is 6.67. The average Bonchev–Trinajstić information content (AvgIpc) is 3.41. The van der Waals surface area contributed by atoms with E-state index in [1.165, 1.54) is 5.39 Å². The van der Waals surface area contributed by atoms with Gasteiger partial charge in [0.05, 0.1) is 17.1 Å². The molecule has 2 atom stereocenters. The van der Waals surface area contributed by atoms with Crippen LogP contribution in [0.2, 0.25) is 0 Å². The van der Waals surface area contributed by atoms with Crippen molar-refractivity contribution in [3.05, 3.63) is 71.7 Å². The van der Waals surface area contributed by atoms with Gasteiger partial charge < -0.3 is 9.47 Å². The summed E-state index contributed by atoms with van der Waals surface area (Å²) >= 11 is 0. The highest BCUT2D eigenvalue weighted by Gasteiger charge is 2.46. The Kier molecular flexibility index (Phi) is 2.60. The molecule has 4 aromatic rings. The highest BCUT2D eigenvalue weighted by molar-refractivity contribution is 6.01. The lowest BCUT2D eigenvalue weighted by Gasteiger charge is -2.33. The number of aromatic nitrogens is 4. The summed E-state index contributed by atoms with van der Waals surface area (Å²) in [6.07, 6.45) is 7.75. The summed E-state index contributed by atoms with van der Waals surface area (Å²) in [4.78, 5) is 15.9. The maximum Gasteiger partial charge on any atom is 0.155 e. The van der Waals surface area contributed by atoms with E-state index in [2.05, 4.69) is 49.5 Å². The van der Waals surface area contributed by atoms with Crippen LogP contribution in [0.4, 0.5) is 11.5 Å². The zero-order chi connectivity index (χ0) is 22.4. The maximum absolute atomic E-state index is 8.38. The highest BCUT2D eigenvalue weighted by atomic mass is 15.3. The molecule has 2 aromatic carbocycles. The summed E-state index contributed by atoms with van der Waals surface area (Å²) in [7, 11) is 0. The van der Waals surface area contributed by atoms with Crippen LogP contribution >= 0.6 is 0 Å². The van der Waals surface area contributed by atoms with Crippen LogP contribution < -0.4 is 4.90 Å². The zero-order valence-electron chi connectivity index (χ0n) is 19.6. The first-order valence-corrected chi connectivity index (χ1v) is 9.92. The normalized spacial score (nSPS) is 24.0. The number of imidazole rings is 1. The molecule has 0 saturated heterocycles. The van der Waals surface area contributed by atoms with Gasteiger partial charge in [0.2, 0.25) is 0 Å². The Morgan fingerprint density at radius 3 is 2.69 bits per heavy atom. The Bertz CT molecular complexity index is 1410. The highest BCUT2D eigenvalue weighted by Crippen LogP contribution is 2.51. The lowest BCUT2D eigenvalue weighted by atomic mass is 9.84. The Labute approximate surface area is 174 Å². The number of fused-ring (bicyclic) bond motifs is 6. The number of aryl methyl sites for hydroxylation is 1. The fourth-order valence-corrected chi connectivity index (χ4v) is 5.05. The van der Waals surface area contributed by atoms with Gasteiger partial charge in [-0.1, -0.05) is 38.0 Å². The minimum absolute atomic E-state index is 0.357. The number of nitrogens with zero attached hydrogens (tertiary/aromatic N) is 5. The molecule has 29 heavy (non-hydrogen) atoms. The van der Waals surface area contributed by atoms with E-state index in [9.17, 15) is 0 Å². The van der Waals surface area contributed by atoms with Gasteiger partial charge in [-0.05, 0) is 24.8 Å². The van der Waals surface area contributed by atoms with Gasteiger partial charge >= 0.3 is 0 Å². The molecular weight excluding hydrogens is 358 g/mol. The molecule has 2 unspecified atom stereocenters. The Morgan fingerprint density at radius 2 is 1.86 bits per heavy atom. The van der Waals surface area contributed by atoms with E-state index in [1.54, 1.807) is 19.3 Å². The van der Waals surface area contributed by atoms with Gasteiger partial charge in [0.15, 0.2) is 5.82 Å². The second kappa shape index (κ2) is 5.44. The van der Waals surface area contributed by atoms with Crippen LogP contribution in [0, 0.1) is 6.92 Å². The third-order valence-electron chi connectivity index (χ3n) is 6.67. The van der Waals surface area contributed by atoms with Gasteiger partial charge in [0.1, 0.15) is 5.82 Å². The SMILES string of the molecule is [2H]C([2H])([2H])C1(C)c2nccnc2N(c2c3c(c4ccccc4c2C)-n2ccnc2C3)C1C. The predicted molar refractivity (Wildman–Crippen MR) is 115 cm³/mol. The van der Waals surface area contributed by atoms with Gasteiger partial charge in [-0.2, -0.15) is 0 Å². The summed E-state index contributed by atoms with van der Waals surface area (Å²) in [6.45, 7) is 3.66. The molecule has 2 aliphatic rings. The molecule has 6 rings (SSSR count). The minimum Gasteiger partial charge on any atom is -0.320 e. The molecule has 0 amide bonds. The Balaban J connectivity index is 1.71. The zero-order valence-corrected chi connectivity index (χ0v) is 16.6. The monoisotopic (exact) mass is 384 g/mol. The van der Waals surface area contributed by atoms with E-state index in [1.807, 2.05) is 25.4 Å². The van der Waals surface area contributed by atoms with Crippen molar-refractivity contribution in [2.45, 2.75) is 45.5 Å². The van der Waals surface area contributed by atoms with Gasteiger partial charge in [-0.25, -0.2) is 9.97 Å². The molecule has 0 N–H and O–H groups in total. The second-order valence-electron chi connectivity index (χ2n) is 8.21. The number of benzene rings is 2. The Hall–Kier alpha value is -3.21. The van der Waals surface area contributed by atoms with Crippen LogP contribution in [0.15, 0.2) is 49.1 Å². The van der Waals surface area contributed by atoms with Crippen LogP contribution in [-0.4, -0.2) is 25.6 Å². The lowest BCUT2D eigenvalue weighted by Crippen LogP contribution is -2.37. The van der Waals surface area contributed by atoms with Crippen molar-refractivity contribution in [2.24, 2.45) is 0 Å². The van der Waals surface area contributed by atoms with Crippen molar-refractivity contribution in [1.29, 1.82) is 0 Å². The number of rotatable bonds is 1. The van der Waals surface area contributed by atoms with Gasteiger partial charge in [-0.3, -0.25) is 4.98 Å². The van der Waals surface area contributed by atoms with E-state index < -0.39 is 12.3 Å². The molecule has 2 aliphatic heterocycles. The van der Waals surface area contributed by atoms with Crippen molar-refractivity contribution >= 4 is 22.3 Å². The summed E-state index contributed by atoms with van der Waals surface area (Å²) in [5.74, 6) is 1.62. The van der Waals surface area contributed by atoms with Crippen molar-refractivity contribution < 1.29 is 4.11 Å². The third kappa shape index (κ3) is 1.97. The molecule has 4 heterocycles. The first kappa shape index (κ1) is 13.9. The molecule has 5 heteroatoms. The summed E-state index contributed by atoms with van der Waals surface area (Å²) < 4.78 is 27.3. The van der Waals surface area contributed by atoms with Crippen LogP contribution in [0.25, 0.3) is 16.5 Å². The predicted octanol–water partition coefficient (Wildman–Crippen LogP) is 4.85.